The molecule has 0 spiro atoms. The Morgan fingerprint density at radius 3 is 2.64 bits per heavy atom. The molecule has 14 heavy (non-hydrogen) atoms. The molecule has 0 radical (unpaired) electrons. The van der Waals surface area contributed by atoms with E-state index >= 15 is 0 Å². The lowest BCUT2D eigenvalue weighted by Crippen LogP contribution is -1.98. The predicted molar refractivity (Wildman–Crippen MR) is 50.2 cm³/mol. The molecule has 1 rings (SSSR count). The Labute approximate surface area is 90.1 Å². The topological polar surface area (TPSA) is 76.3 Å². The molecule has 1 aromatic heterocycles. The summed E-state index contributed by atoms with van der Waals surface area (Å²) in [6.45, 7) is 0. The Kier molecular flexibility index (Phi) is 3.13. The largest absolute Gasteiger partial charge is 0.500 e. The van der Waals surface area contributed by atoms with Gasteiger partial charge in [0.2, 0.25) is 5.75 Å². The van der Waals surface area contributed by atoms with E-state index in [1.54, 1.807) is 0 Å². The van der Waals surface area contributed by atoms with Crippen molar-refractivity contribution in [3.8, 4) is 5.75 Å². The normalized spacial score (nSPS) is 10.6. The van der Waals surface area contributed by atoms with E-state index in [0.717, 1.165) is 0 Å². The van der Waals surface area contributed by atoms with Crippen molar-refractivity contribution < 1.29 is 18.8 Å². The molecule has 8 heteroatoms. The van der Waals surface area contributed by atoms with Gasteiger partial charge < -0.3 is 15.2 Å². The Balaban J connectivity index is 3.33. The van der Waals surface area contributed by atoms with E-state index in [0.29, 0.717) is 6.20 Å². The van der Waals surface area contributed by atoms with Gasteiger partial charge in [0, 0.05) is 0 Å². The third-order valence-electron chi connectivity index (χ3n) is 1.41. The highest BCUT2D eigenvalue weighted by Gasteiger charge is 2.24. The zero-order valence-electron chi connectivity index (χ0n) is 6.45. The lowest BCUT2D eigenvalue weighted by molar-refractivity contribution is -0.390. The van der Waals surface area contributed by atoms with E-state index in [2.05, 4.69) is 4.98 Å². The summed E-state index contributed by atoms with van der Waals surface area (Å²) >= 11 is 1.40. The van der Waals surface area contributed by atoms with Crippen molar-refractivity contribution in [3.63, 3.8) is 0 Å². The van der Waals surface area contributed by atoms with E-state index in [9.17, 15) is 18.9 Å². The summed E-state index contributed by atoms with van der Waals surface area (Å²) in [6.07, 6.45) is -2.13. The molecule has 0 aliphatic heterocycles. The Morgan fingerprint density at radius 2 is 2.21 bits per heavy atom. The van der Waals surface area contributed by atoms with Gasteiger partial charge in [-0.05, 0) is 32.5 Å². The SMILES string of the molecule is O=[N+]([O-])c1ncc(C(F)F)c(I)c1O. The van der Waals surface area contributed by atoms with E-state index in [-0.39, 0.29) is 3.57 Å². The van der Waals surface area contributed by atoms with Crippen LogP contribution in [0.5, 0.6) is 5.75 Å². The van der Waals surface area contributed by atoms with Crippen LogP contribution in [0.25, 0.3) is 0 Å². The van der Waals surface area contributed by atoms with E-state index in [1.165, 1.54) is 22.6 Å². The van der Waals surface area contributed by atoms with Crippen LogP contribution in [-0.2, 0) is 0 Å². The average Bonchev–Trinajstić information content (AvgIpc) is 2.08. The summed E-state index contributed by atoms with van der Waals surface area (Å²) in [5.74, 6) is -1.65. The molecule has 1 aromatic rings. The van der Waals surface area contributed by atoms with Gasteiger partial charge in [-0.2, -0.15) is 0 Å². The lowest BCUT2D eigenvalue weighted by Gasteiger charge is -2.02. The molecule has 0 aromatic carbocycles. The minimum atomic E-state index is -2.82. The molecule has 0 unspecified atom stereocenters. The second kappa shape index (κ2) is 3.98. The number of aromatic nitrogens is 1. The van der Waals surface area contributed by atoms with Crippen molar-refractivity contribution in [3.05, 3.63) is 25.4 Å². The molecular weight excluding hydrogens is 313 g/mol. The van der Waals surface area contributed by atoms with E-state index in [1.807, 2.05) is 0 Å². The first-order chi connectivity index (χ1) is 6.45. The van der Waals surface area contributed by atoms with Crippen molar-refractivity contribution in [1.82, 2.24) is 4.98 Å². The quantitative estimate of drug-likeness (QED) is 0.516. The number of nitro groups is 1. The van der Waals surface area contributed by atoms with Crippen LogP contribution in [0.3, 0.4) is 0 Å². The van der Waals surface area contributed by atoms with Gasteiger partial charge in [-0.1, -0.05) is 0 Å². The summed E-state index contributed by atoms with van der Waals surface area (Å²) in [7, 11) is 0. The number of hydrogen-bond donors (Lipinski definition) is 1. The molecule has 76 valence electrons. The molecule has 0 atom stereocenters. The van der Waals surface area contributed by atoms with Crippen LogP contribution < -0.4 is 0 Å². The molecule has 0 saturated carbocycles. The number of rotatable bonds is 2. The van der Waals surface area contributed by atoms with Crippen LogP contribution in [-0.4, -0.2) is 15.0 Å². The van der Waals surface area contributed by atoms with Gasteiger partial charge in [0.15, 0.2) is 6.20 Å². The van der Waals surface area contributed by atoms with Crippen LogP contribution in [0.15, 0.2) is 6.20 Å². The highest BCUT2D eigenvalue weighted by atomic mass is 127. The van der Waals surface area contributed by atoms with Gasteiger partial charge in [0.05, 0.1) is 9.13 Å². The molecule has 0 amide bonds. The first-order valence-electron chi connectivity index (χ1n) is 3.25. The zero-order chi connectivity index (χ0) is 10.9. The lowest BCUT2D eigenvalue weighted by atomic mass is 10.3. The predicted octanol–water partition coefficient (Wildman–Crippen LogP) is 2.24. The van der Waals surface area contributed by atoms with Crippen LogP contribution in [0.2, 0.25) is 0 Å². The fraction of sp³-hybridized carbons (Fsp3) is 0.167. The molecule has 1 N–H and O–H groups in total. The summed E-state index contributed by atoms with van der Waals surface area (Å²) in [5, 5.41) is 19.4. The van der Waals surface area contributed by atoms with Crippen molar-refractivity contribution in [2.24, 2.45) is 0 Å². The number of halogens is 3. The van der Waals surface area contributed by atoms with Crippen molar-refractivity contribution >= 4 is 28.4 Å². The minimum Gasteiger partial charge on any atom is -0.500 e. The average molecular weight is 316 g/mol. The monoisotopic (exact) mass is 316 g/mol. The fourth-order valence-corrected chi connectivity index (χ4v) is 1.39. The third kappa shape index (κ3) is 1.89. The van der Waals surface area contributed by atoms with Gasteiger partial charge in [-0.3, -0.25) is 0 Å². The molecule has 5 nitrogen and oxygen atoms in total. The van der Waals surface area contributed by atoms with Crippen LogP contribution >= 0.6 is 22.6 Å². The van der Waals surface area contributed by atoms with Crippen LogP contribution in [0.4, 0.5) is 14.6 Å². The molecule has 0 aliphatic rings. The first-order valence-corrected chi connectivity index (χ1v) is 4.33. The Bertz CT molecular complexity index is 386. The van der Waals surface area contributed by atoms with E-state index in [4.69, 9.17) is 5.11 Å². The fourth-order valence-electron chi connectivity index (χ4n) is 0.769. The van der Waals surface area contributed by atoms with Gasteiger partial charge in [-0.15, -0.1) is 0 Å². The van der Waals surface area contributed by atoms with Gasteiger partial charge >= 0.3 is 5.82 Å². The first kappa shape index (κ1) is 11.0. The smallest absolute Gasteiger partial charge is 0.407 e. The highest BCUT2D eigenvalue weighted by molar-refractivity contribution is 14.1. The van der Waals surface area contributed by atoms with Crippen molar-refractivity contribution in [2.75, 3.05) is 0 Å². The maximum Gasteiger partial charge on any atom is 0.407 e. The summed E-state index contributed by atoms with van der Waals surface area (Å²) in [4.78, 5) is 12.4. The molecule has 0 aliphatic carbocycles. The number of aromatic hydroxyl groups is 1. The molecule has 0 bridgehead atoms. The van der Waals surface area contributed by atoms with Gasteiger partial charge in [-0.25, -0.2) is 8.78 Å². The van der Waals surface area contributed by atoms with Crippen molar-refractivity contribution in [1.29, 1.82) is 0 Å². The van der Waals surface area contributed by atoms with E-state index < -0.39 is 28.5 Å². The third-order valence-corrected chi connectivity index (χ3v) is 2.54. The molecule has 1 heterocycles. The molecular formula is C6H3F2IN2O3. The number of hydrogen-bond acceptors (Lipinski definition) is 4. The highest BCUT2D eigenvalue weighted by Crippen LogP contribution is 2.34. The maximum atomic E-state index is 12.2. The van der Waals surface area contributed by atoms with Crippen LogP contribution in [0, 0.1) is 13.7 Å². The second-order valence-corrected chi connectivity index (χ2v) is 3.34. The zero-order valence-corrected chi connectivity index (χ0v) is 8.60. The number of pyridine rings is 1. The summed E-state index contributed by atoms with van der Waals surface area (Å²) < 4.78 is 24.2. The van der Waals surface area contributed by atoms with Gasteiger partial charge in [0.1, 0.15) is 0 Å². The maximum absolute atomic E-state index is 12.2. The Morgan fingerprint density at radius 1 is 1.64 bits per heavy atom. The van der Waals surface area contributed by atoms with Gasteiger partial charge in [0.25, 0.3) is 6.43 Å². The van der Waals surface area contributed by atoms with Crippen LogP contribution in [0.1, 0.15) is 12.0 Å². The standard InChI is InChI=1S/C6H3F2IN2O3/c7-5(8)2-1-10-6(11(13)14)4(12)3(2)9/h1,5,12H. The number of nitrogens with zero attached hydrogens (tertiary/aromatic N) is 2. The summed E-state index contributed by atoms with van der Waals surface area (Å²) in [6, 6.07) is 0. The minimum absolute atomic E-state index is 0.251. The Hall–Kier alpha value is -1.06. The number of alkyl halides is 2. The van der Waals surface area contributed by atoms with Crippen molar-refractivity contribution in [2.45, 2.75) is 6.43 Å². The second-order valence-electron chi connectivity index (χ2n) is 2.26. The molecule has 0 fully saturated rings. The molecule has 0 saturated heterocycles. The summed E-state index contributed by atoms with van der Waals surface area (Å²) in [5.41, 5.74) is -0.520.